The molecular formula is C10H20N2O4S. The fourth-order valence-electron chi connectivity index (χ4n) is 1.80. The third-order valence-electron chi connectivity index (χ3n) is 2.79. The van der Waals surface area contributed by atoms with Crippen LogP contribution in [0.15, 0.2) is 0 Å². The highest BCUT2D eigenvalue weighted by molar-refractivity contribution is 7.87. The van der Waals surface area contributed by atoms with E-state index >= 15 is 0 Å². The lowest BCUT2D eigenvalue weighted by molar-refractivity contribution is -0.142. The molecule has 0 aromatic heterocycles. The maximum atomic E-state index is 12.0. The molecule has 1 N–H and O–H groups in total. The van der Waals surface area contributed by atoms with Gasteiger partial charge < -0.3 is 4.74 Å². The number of esters is 1. The number of methoxy groups -OCH3 is 1. The SMILES string of the molecule is COC(=O)C(C)NS(=O)(=O)N1CCCCCC1. The fraction of sp³-hybridized carbons (Fsp3) is 0.900. The van der Waals surface area contributed by atoms with Gasteiger partial charge >= 0.3 is 5.97 Å². The molecule has 0 saturated carbocycles. The Morgan fingerprint density at radius 1 is 1.24 bits per heavy atom. The number of hydrogen-bond acceptors (Lipinski definition) is 4. The van der Waals surface area contributed by atoms with Gasteiger partial charge in [-0.15, -0.1) is 0 Å². The van der Waals surface area contributed by atoms with E-state index in [2.05, 4.69) is 9.46 Å². The molecule has 1 aliphatic rings. The van der Waals surface area contributed by atoms with E-state index in [9.17, 15) is 13.2 Å². The Hall–Kier alpha value is -0.660. The minimum Gasteiger partial charge on any atom is -0.468 e. The number of ether oxygens (including phenoxy) is 1. The summed E-state index contributed by atoms with van der Waals surface area (Å²) < 4.78 is 32.2. The lowest BCUT2D eigenvalue weighted by Gasteiger charge is -2.22. The molecule has 0 bridgehead atoms. The van der Waals surface area contributed by atoms with Gasteiger partial charge in [-0.1, -0.05) is 12.8 Å². The number of rotatable bonds is 4. The average molecular weight is 264 g/mol. The van der Waals surface area contributed by atoms with Crippen LogP contribution in [0.1, 0.15) is 32.6 Å². The van der Waals surface area contributed by atoms with E-state index in [1.165, 1.54) is 18.3 Å². The molecular weight excluding hydrogens is 244 g/mol. The summed E-state index contributed by atoms with van der Waals surface area (Å²) >= 11 is 0. The molecule has 100 valence electrons. The van der Waals surface area contributed by atoms with E-state index in [4.69, 9.17) is 0 Å². The van der Waals surface area contributed by atoms with Crippen LogP contribution in [-0.4, -0.2) is 44.9 Å². The molecule has 0 aliphatic carbocycles. The largest absolute Gasteiger partial charge is 0.468 e. The first-order chi connectivity index (χ1) is 7.97. The van der Waals surface area contributed by atoms with Crippen molar-refractivity contribution in [3.63, 3.8) is 0 Å². The Kier molecular flexibility index (Phi) is 5.35. The van der Waals surface area contributed by atoms with Crippen LogP contribution in [0.4, 0.5) is 0 Å². The number of nitrogens with zero attached hydrogens (tertiary/aromatic N) is 1. The van der Waals surface area contributed by atoms with Gasteiger partial charge in [-0.2, -0.15) is 17.4 Å². The predicted octanol–water partition coefficient (Wildman–Crippen LogP) is 0.258. The van der Waals surface area contributed by atoms with E-state index in [0.717, 1.165) is 25.7 Å². The zero-order chi connectivity index (χ0) is 12.9. The standard InChI is InChI=1S/C10H20N2O4S/c1-9(10(13)16-2)11-17(14,15)12-7-5-3-4-6-8-12/h9,11H,3-8H2,1-2H3. The maximum Gasteiger partial charge on any atom is 0.323 e. The van der Waals surface area contributed by atoms with Crippen molar-refractivity contribution in [3.05, 3.63) is 0 Å². The first-order valence-electron chi connectivity index (χ1n) is 5.82. The summed E-state index contributed by atoms with van der Waals surface area (Å²) in [6.45, 7) is 2.51. The average Bonchev–Trinajstić information content (AvgIpc) is 2.56. The van der Waals surface area contributed by atoms with Crippen molar-refractivity contribution >= 4 is 16.2 Å². The normalized spacial score (nSPS) is 20.6. The number of hydrogen-bond donors (Lipinski definition) is 1. The smallest absolute Gasteiger partial charge is 0.323 e. The minimum absolute atomic E-state index is 0.517. The molecule has 1 saturated heterocycles. The quantitative estimate of drug-likeness (QED) is 0.739. The Labute approximate surface area is 102 Å². The number of carbonyl (C=O) groups is 1. The Balaban J connectivity index is 2.63. The molecule has 1 rings (SSSR count). The summed E-state index contributed by atoms with van der Waals surface area (Å²) in [7, 11) is -2.34. The molecule has 0 radical (unpaired) electrons. The van der Waals surface area contributed by atoms with E-state index in [0.29, 0.717) is 13.1 Å². The van der Waals surface area contributed by atoms with Crippen LogP contribution in [0.5, 0.6) is 0 Å². The zero-order valence-corrected chi connectivity index (χ0v) is 11.1. The second kappa shape index (κ2) is 6.32. The molecule has 1 atom stereocenters. The topological polar surface area (TPSA) is 75.7 Å². The van der Waals surface area contributed by atoms with Gasteiger partial charge in [0.15, 0.2) is 0 Å². The van der Waals surface area contributed by atoms with Crippen molar-refractivity contribution in [1.82, 2.24) is 9.03 Å². The molecule has 0 aromatic rings. The molecule has 17 heavy (non-hydrogen) atoms. The Morgan fingerprint density at radius 3 is 2.24 bits per heavy atom. The first kappa shape index (κ1) is 14.4. The molecule has 0 spiro atoms. The van der Waals surface area contributed by atoms with Gasteiger partial charge in [0.2, 0.25) is 0 Å². The van der Waals surface area contributed by atoms with Crippen molar-refractivity contribution < 1.29 is 17.9 Å². The first-order valence-corrected chi connectivity index (χ1v) is 7.26. The molecule has 0 aromatic carbocycles. The van der Waals surface area contributed by atoms with Crippen LogP contribution >= 0.6 is 0 Å². The molecule has 7 heteroatoms. The van der Waals surface area contributed by atoms with Crippen molar-refractivity contribution in [1.29, 1.82) is 0 Å². The lowest BCUT2D eigenvalue weighted by Crippen LogP contribution is -2.47. The van der Waals surface area contributed by atoms with Gasteiger partial charge in [0.25, 0.3) is 10.2 Å². The van der Waals surface area contributed by atoms with Gasteiger partial charge in [-0.05, 0) is 19.8 Å². The summed E-state index contributed by atoms with van der Waals surface area (Å²) in [6.07, 6.45) is 3.85. The Morgan fingerprint density at radius 2 is 1.76 bits per heavy atom. The van der Waals surface area contributed by atoms with Gasteiger partial charge in [0.1, 0.15) is 6.04 Å². The monoisotopic (exact) mass is 264 g/mol. The molecule has 1 unspecified atom stereocenters. The van der Waals surface area contributed by atoms with Crippen LogP contribution in [0.2, 0.25) is 0 Å². The molecule has 6 nitrogen and oxygen atoms in total. The molecule has 1 fully saturated rings. The summed E-state index contributed by atoms with van der Waals surface area (Å²) in [6, 6.07) is -0.853. The number of nitrogens with one attached hydrogen (secondary N) is 1. The van der Waals surface area contributed by atoms with Crippen molar-refractivity contribution in [2.45, 2.75) is 38.6 Å². The van der Waals surface area contributed by atoms with Crippen molar-refractivity contribution in [2.75, 3.05) is 20.2 Å². The third-order valence-corrected chi connectivity index (χ3v) is 4.48. The van der Waals surface area contributed by atoms with Gasteiger partial charge in [0.05, 0.1) is 7.11 Å². The summed E-state index contributed by atoms with van der Waals surface area (Å²) in [5.41, 5.74) is 0. The molecule has 1 aliphatic heterocycles. The van der Waals surface area contributed by atoms with Crippen molar-refractivity contribution in [2.24, 2.45) is 0 Å². The van der Waals surface area contributed by atoms with Crippen LogP contribution in [0.25, 0.3) is 0 Å². The summed E-state index contributed by atoms with van der Waals surface area (Å²) in [5.74, 6) is -0.580. The van der Waals surface area contributed by atoms with Crippen molar-refractivity contribution in [3.8, 4) is 0 Å². The molecule has 0 amide bonds. The van der Waals surface area contributed by atoms with E-state index in [1.807, 2.05) is 0 Å². The van der Waals surface area contributed by atoms with E-state index in [-0.39, 0.29) is 0 Å². The van der Waals surface area contributed by atoms with Gasteiger partial charge in [-0.3, -0.25) is 4.79 Å². The van der Waals surface area contributed by atoms with Crippen LogP contribution in [-0.2, 0) is 19.7 Å². The second-order valence-electron chi connectivity index (χ2n) is 4.18. The van der Waals surface area contributed by atoms with E-state index < -0.39 is 22.2 Å². The van der Waals surface area contributed by atoms with Crippen LogP contribution in [0, 0.1) is 0 Å². The van der Waals surface area contributed by atoms with Gasteiger partial charge in [-0.25, -0.2) is 0 Å². The van der Waals surface area contributed by atoms with Gasteiger partial charge in [0, 0.05) is 13.1 Å². The predicted molar refractivity (Wildman–Crippen MR) is 63.6 cm³/mol. The number of carbonyl (C=O) groups excluding carboxylic acids is 1. The second-order valence-corrected chi connectivity index (χ2v) is 5.88. The molecule has 1 heterocycles. The zero-order valence-electron chi connectivity index (χ0n) is 10.3. The lowest BCUT2D eigenvalue weighted by atomic mass is 10.2. The Bertz CT molecular complexity index is 347. The minimum atomic E-state index is -3.58. The van der Waals surface area contributed by atoms with Crippen LogP contribution < -0.4 is 4.72 Å². The highest BCUT2D eigenvalue weighted by atomic mass is 32.2. The highest BCUT2D eigenvalue weighted by Gasteiger charge is 2.27. The third kappa shape index (κ3) is 4.25. The summed E-state index contributed by atoms with van der Waals surface area (Å²) in [5, 5.41) is 0. The summed E-state index contributed by atoms with van der Waals surface area (Å²) in [4.78, 5) is 11.2. The fourth-order valence-corrected chi connectivity index (χ4v) is 3.24. The highest BCUT2D eigenvalue weighted by Crippen LogP contribution is 2.12. The maximum absolute atomic E-state index is 12.0. The van der Waals surface area contributed by atoms with Crippen LogP contribution in [0.3, 0.4) is 0 Å². The van der Waals surface area contributed by atoms with E-state index in [1.54, 1.807) is 0 Å².